The van der Waals surface area contributed by atoms with E-state index in [0.29, 0.717) is 5.75 Å². The minimum atomic E-state index is -0.674. The van der Waals surface area contributed by atoms with Crippen LogP contribution in [-0.4, -0.2) is 45.9 Å². The Labute approximate surface area is 142 Å². The van der Waals surface area contributed by atoms with Gasteiger partial charge in [0.25, 0.3) is 5.91 Å². The van der Waals surface area contributed by atoms with E-state index >= 15 is 0 Å². The minimum Gasteiger partial charge on any atom is -0.493 e. The molecule has 134 valence electrons. The fourth-order valence-electron chi connectivity index (χ4n) is 2.23. The number of carbonyl (C=O) groups is 2. The van der Waals surface area contributed by atoms with Gasteiger partial charge >= 0.3 is 5.97 Å². The van der Waals surface area contributed by atoms with E-state index in [1.165, 1.54) is 27.4 Å². The number of esters is 1. The van der Waals surface area contributed by atoms with Crippen molar-refractivity contribution >= 4 is 11.9 Å². The van der Waals surface area contributed by atoms with Crippen LogP contribution in [0.2, 0.25) is 0 Å². The summed E-state index contributed by atoms with van der Waals surface area (Å²) in [5.74, 6) is -0.0976. The second kappa shape index (κ2) is 9.64. The average molecular weight is 339 g/mol. The van der Waals surface area contributed by atoms with Crippen LogP contribution in [0.1, 0.15) is 37.0 Å². The summed E-state index contributed by atoms with van der Waals surface area (Å²) in [4.78, 5) is 24.1. The van der Waals surface area contributed by atoms with E-state index in [0.717, 1.165) is 12.8 Å². The second-order valence-corrected chi connectivity index (χ2v) is 5.04. The van der Waals surface area contributed by atoms with Crippen molar-refractivity contribution in [3.8, 4) is 17.2 Å². The molecule has 0 fully saturated rings. The van der Waals surface area contributed by atoms with Crippen molar-refractivity contribution in [2.24, 2.45) is 0 Å². The van der Waals surface area contributed by atoms with Gasteiger partial charge in [0.15, 0.2) is 18.1 Å². The Morgan fingerprint density at radius 3 is 2.12 bits per heavy atom. The Balaban J connectivity index is 2.83. The van der Waals surface area contributed by atoms with E-state index in [4.69, 9.17) is 18.9 Å². The van der Waals surface area contributed by atoms with Gasteiger partial charge < -0.3 is 24.3 Å². The van der Waals surface area contributed by atoms with Crippen LogP contribution in [0.5, 0.6) is 17.2 Å². The topological polar surface area (TPSA) is 83.1 Å². The summed E-state index contributed by atoms with van der Waals surface area (Å²) < 4.78 is 20.7. The largest absolute Gasteiger partial charge is 0.493 e. The molecule has 1 amide bonds. The lowest BCUT2D eigenvalue weighted by Crippen LogP contribution is -2.36. The van der Waals surface area contributed by atoms with Gasteiger partial charge in [-0.05, 0) is 25.0 Å². The first kappa shape index (κ1) is 19.6. The van der Waals surface area contributed by atoms with Crippen molar-refractivity contribution in [3.63, 3.8) is 0 Å². The van der Waals surface area contributed by atoms with E-state index in [2.05, 4.69) is 5.32 Å². The maximum atomic E-state index is 12.2. The quantitative estimate of drug-likeness (QED) is 0.694. The number of hydrogen-bond acceptors (Lipinski definition) is 6. The van der Waals surface area contributed by atoms with Gasteiger partial charge in [0.1, 0.15) is 5.56 Å². The van der Waals surface area contributed by atoms with Gasteiger partial charge in [-0.25, -0.2) is 4.79 Å². The molecular weight excluding hydrogens is 314 g/mol. The number of nitrogens with one attached hydrogen (secondary N) is 1. The van der Waals surface area contributed by atoms with Gasteiger partial charge in [-0.15, -0.1) is 0 Å². The molecule has 1 N–H and O–H groups in total. The summed E-state index contributed by atoms with van der Waals surface area (Å²) >= 11 is 0. The van der Waals surface area contributed by atoms with Crippen molar-refractivity contribution in [1.29, 1.82) is 0 Å². The third-order valence-electron chi connectivity index (χ3n) is 3.61. The van der Waals surface area contributed by atoms with E-state index < -0.39 is 5.97 Å². The zero-order valence-corrected chi connectivity index (χ0v) is 14.8. The molecule has 1 aromatic rings. The van der Waals surface area contributed by atoms with Crippen LogP contribution in [0.4, 0.5) is 0 Å². The van der Waals surface area contributed by atoms with Crippen LogP contribution in [0.15, 0.2) is 12.1 Å². The molecule has 0 radical (unpaired) electrons. The molecule has 0 saturated carbocycles. The van der Waals surface area contributed by atoms with Crippen molar-refractivity contribution < 1.29 is 28.5 Å². The Morgan fingerprint density at radius 1 is 1.00 bits per heavy atom. The SMILES string of the molecule is CCC(CC)NC(=O)COC(=O)c1ccc(OC)c(OC)c1OC. The number of hydrogen-bond donors (Lipinski definition) is 1. The number of methoxy groups -OCH3 is 3. The first-order valence-corrected chi connectivity index (χ1v) is 7.77. The molecular formula is C17H25NO6. The Kier molecular flexibility index (Phi) is 7.88. The fraction of sp³-hybridized carbons (Fsp3) is 0.529. The third-order valence-corrected chi connectivity index (χ3v) is 3.61. The standard InChI is InChI=1S/C17H25NO6/c1-6-11(7-2)18-14(19)10-24-17(20)12-8-9-13(21-3)16(23-5)15(12)22-4/h8-9,11H,6-7,10H2,1-5H3,(H,18,19). The van der Waals surface area contributed by atoms with E-state index in [1.807, 2.05) is 13.8 Å². The summed E-state index contributed by atoms with van der Waals surface area (Å²) in [7, 11) is 4.34. The monoisotopic (exact) mass is 339 g/mol. The maximum absolute atomic E-state index is 12.2. The molecule has 0 spiro atoms. The smallest absolute Gasteiger partial charge is 0.342 e. The average Bonchev–Trinajstić information content (AvgIpc) is 2.62. The van der Waals surface area contributed by atoms with Crippen LogP contribution in [0, 0.1) is 0 Å². The van der Waals surface area contributed by atoms with Crippen LogP contribution in [-0.2, 0) is 9.53 Å². The number of ether oxygens (including phenoxy) is 4. The van der Waals surface area contributed by atoms with Gasteiger partial charge in [0.05, 0.1) is 21.3 Å². The van der Waals surface area contributed by atoms with Crippen molar-refractivity contribution in [3.05, 3.63) is 17.7 Å². The normalized spacial score (nSPS) is 10.2. The molecule has 0 bridgehead atoms. The lowest BCUT2D eigenvalue weighted by atomic mass is 10.1. The predicted molar refractivity (Wildman–Crippen MR) is 88.9 cm³/mol. The zero-order chi connectivity index (χ0) is 18.1. The molecule has 24 heavy (non-hydrogen) atoms. The van der Waals surface area contributed by atoms with Crippen molar-refractivity contribution in [1.82, 2.24) is 5.32 Å². The predicted octanol–water partition coefficient (Wildman–Crippen LogP) is 2.17. The highest BCUT2D eigenvalue weighted by molar-refractivity contribution is 5.95. The van der Waals surface area contributed by atoms with Crippen LogP contribution < -0.4 is 19.5 Å². The fourth-order valence-corrected chi connectivity index (χ4v) is 2.23. The van der Waals surface area contributed by atoms with E-state index in [1.54, 1.807) is 6.07 Å². The maximum Gasteiger partial charge on any atom is 0.342 e. The first-order valence-electron chi connectivity index (χ1n) is 7.77. The second-order valence-electron chi connectivity index (χ2n) is 5.04. The summed E-state index contributed by atoms with van der Waals surface area (Å²) in [6.45, 7) is 3.61. The Bertz CT molecular complexity index is 568. The highest BCUT2D eigenvalue weighted by Crippen LogP contribution is 2.39. The molecule has 1 aromatic carbocycles. The zero-order valence-electron chi connectivity index (χ0n) is 14.8. The lowest BCUT2D eigenvalue weighted by Gasteiger charge is -2.16. The molecule has 1 rings (SSSR count). The van der Waals surface area contributed by atoms with Gasteiger partial charge in [-0.1, -0.05) is 13.8 Å². The van der Waals surface area contributed by atoms with E-state index in [-0.39, 0.29) is 35.6 Å². The third kappa shape index (κ3) is 4.78. The molecule has 0 aliphatic heterocycles. The summed E-state index contributed by atoms with van der Waals surface area (Å²) in [6.07, 6.45) is 1.64. The van der Waals surface area contributed by atoms with Crippen LogP contribution in [0.3, 0.4) is 0 Å². The van der Waals surface area contributed by atoms with Crippen LogP contribution in [0.25, 0.3) is 0 Å². The highest BCUT2D eigenvalue weighted by Gasteiger charge is 2.22. The number of benzene rings is 1. The van der Waals surface area contributed by atoms with Crippen molar-refractivity contribution in [2.45, 2.75) is 32.7 Å². The van der Waals surface area contributed by atoms with E-state index in [9.17, 15) is 9.59 Å². The van der Waals surface area contributed by atoms with Gasteiger partial charge in [0, 0.05) is 6.04 Å². The molecule has 7 nitrogen and oxygen atoms in total. The summed E-state index contributed by atoms with van der Waals surface area (Å²) in [6, 6.07) is 3.15. The lowest BCUT2D eigenvalue weighted by molar-refractivity contribution is -0.125. The summed E-state index contributed by atoms with van der Waals surface area (Å²) in [5, 5.41) is 2.80. The summed E-state index contributed by atoms with van der Waals surface area (Å²) in [5.41, 5.74) is 0.158. The molecule has 0 saturated heterocycles. The first-order chi connectivity index (χ1) is 11.5. The molecule has 0 heterocycles. The molecule has 7 heteroatoms. The van der Waals surface area contributed by atoms with Gasteiger partial charge in [0.2, 0.25) is 5.75 Å². The Morgan fingerprint density at radius 2 is 1.62 bits per heavy atom. The van der Waals surface area contributed by atoms with Crippen molar-refractivity contribution in [2.75, 3.05) is 27.9 Å². The molecule has 0 aromatic heterocycles. The Hall–Kier alpha value is -2.44. The molecule has 0 aliphatic carbocycles. The number of carbonyl (C=O) groups excluding carboxylic acids is 2. The number of rotatable bonds is 9. The minimum absolute atomic E-state index is 0.0758. The van der Waals surface area contributed by atoms with Gasteiger partial charge in [-0.2, -0.15) is 0 Å². The molecule has 0 aliphatic rings. The van der Waals surface area contributed by atoms with Crippen LogP contribution >= 0.6 is 0 Å². The number of amides is 1. The highest BCUT2D eigenvalue weighted by atomic mass is 16.5. The van der Waals surface area contributed by atoms with Gasteiger partial charge in [-0.3, -0.25) is 4.79 Å². The molecule has 0 unspecified atom stereocenters. The molecule has 0 atom stereocenters.